The van der Waals surface area contributed by atoms with Gasteiger partial charge in [0, 0.05) is 6.54 Å². The van der Waals surface area contributed by atoms with Crippen LogP contribution in [0.1, 0.15) is 32.6 Å². The van der Waals surface area contributed by atoms with Crippen LogP contribution in [0.5, 0.6) is 0 Å². The summed E-state index contributed by atoms with van der Waals surface area (Å²) in [5.41, 5.74) is 10.7. The van der Waals surface area contributed by atoms with Gasteiger partial charge in [0.2, 0.25) is 23.6 Å². The molecule has 7 N–H and O–H groups in total. The van der Waals surface area contributed by atoms with E-state index in [1.54, 1.807) is 0 Å². The molecule has 1 fully saturated rings. The predicted octanol–water partition coefficient (Wildman–Crippen LogP) is -1.99. The summed E-state index contributed by atoms with van der Waals surface area (Å²) in [4.78, 5) is 61.4. The number of primary amides is 1. The van der Waals surface area contributed by atoms with Crippen molar-refractivity contribution in [3.63, 3.8) is 0 Å². The maximum Gasteiger partial charge on any atom is 0.326 e. The average molecular weight is 432 g/mol. The van der Waals surface area contributed by atoms with Gasteiger partial charge in [0.1, 0.15) is 18.1 Å². The molecular weight excluding hydrogens is 402 g/mol. The second kappa shape index (κ2) is 11.6. The van der Waals surface area contributed by atoms with Gasteiger partial charge < -0.3 is 32.1 Å². The number of nitrogens with one attached hydrogen (secondary N) is 2. The standard InChI is InChI=1S/C17H29N5O6S/c1-9(18)14(24)21-11(8-13(19)23)16(26)22-6-3-4-12(22)15(25)20-10(17(27)28)5-7-29-2/h9-12H,3-8,18H2,1-2H3,(H2,19,23)(H,20,25)(H,21,24)(H,27,28). The second-order valence-electron chi connectivity index (χ2n) is 6.89. The number of amides is 4. The van der Waals surface area contributed by atoms with Crippen molar-refractivity contribution < 1.29 is 29.1 Å². The lowest BCUT2D eigenvalue weighted by atomic mass is 10.1. The topological polar surface area (TPSA) is 185 Å². The number of carboxylic acids is 1. The summed E-state index contributed by atoms with van der Waals surface area (Å²) in [6.07, 6.45) is 2.51. The van der Waals surface area contributed by atoms with Crippen LogP contribution in [-0.2, 0) is 24.0 Å². The van der Waals surface area contributed by atoms with Gasteiger partial charge in [-0.05, 0) is 38.2 Å². The van der Waals surface area contributed by atoms with Crippen molar-refractivity contribution in [2.24, 2.45) is 11.5 Å². The van der Waals surface area contributed by atoms with Crippen LogP contribution >= 0.6 is 11.8 Å². The Morgan fingerprint density at radius 3 is 2.38 bits per heavy atom. The van der Waals surface area contributed by atoms with Crippen LogP contribution in [-0.4, -0.2) is 82.3 Å². The van der Waals surface area contributed by atoms with Crippen molar-refractivity contribution in [3.8, 4) is 0 Å². The predicted molar refractivity (Wildman–Crippen MR) is 107 cm³/mol. The van der Waals surface area contributed by atoms with Gasteiger partial charge in [0.15, 0.2) is 0 Å². The highest BCUT2D eigenvalue weighted by Gasteiger charge is 2.39. The van der Waals surface area contributed by atoms with Gasteiger partial charge in [-0.1, -0.05) is 0 Å². The van der Waals surface area contributed by atoms with Crippen LogP contribution in [0.3, 0.4) is 0 Å². The molecule has 4 amide bonds. The van der Waals surface area contributed by atoms with E-state index >= 15 is 0 Å². The molecule has 11 nitrogen and oxygen atoms in total. The number of rotatable bonds is 11. The van der Waals surface area contributed by atoms with E-state index in [1.807, 2.05) is 6.26 Å². The molecule has 1 heterocycles. The fraction of sp³-hybridized carbons (Fsp3) is 0.706. The van der Waals surface area contributed by atoms with Crippen molar-refractivity contribution in [1.29, 1.82) is 0 Å². The van der Waals surface area contributed by atoms with E-state index in [2.05, 4.69) is 10.6 Å². The molecule has 0 radical (unpaired) electrons. The lowest BCUT2D eigenvalue weighted by Crippen LogP contribution is -2.57. The van der Waals surface area contributed by atoms with Gasteiger partial charge in [-0.25, -0.2) is 4.79 Å². The molecule has 0 aromatic heterocycles. The first-order valence-corrected chi connectivity index (χ1v) is 10.6. The third-order valence-electron chi connectivity index (χ3n) is 4.50. The maximum absolute atomic E-state index is 12.9. The Morgan fingerprint density at radius 1 is 1.21 bits per heavy atom. The smallest absolute Gasteiger partial charge is 0.326 e. The quantitative estimate of drug-likeness (QED) is 0.249. The molecule has 1 saturated heterocycles. The lowest BCUT2D eigenvalue weighted by Gasteiger charge is -2.29. The summed E-state index contributed by atoms with van der Waals surface area (Å²) in [6.45, 7) is 1.66. The van der Waals surface area contributed by atoms with E-state index in [4.69, 9.17) is 11.5 Å². The molecule has 1 rings (SSSR count). The molecule has 0 aliphatic carbocycles. The van der Waals surface area contributed by atoms with Gasteiger partial charge >= 0.3 is 5.97 Å². The molecular formula is C17H29N5O6S. The Balaban J connectivity index is 2.91. The average Bonchev–Trinajstić information content (AvgIpc) is 3.12. The molecule has 1 aliphatic rings. The minimum Gasteiger partial charge on any atom is -0.480 e. The number of thioether (sulfide) groups is 1. The van der Waals surface area contributed by atoms with Crippen LogP contribution in [0.15, 0.2) is 0 Å². The van der Waals surface area contributed by atoms with E-state index in [9.17, 15) is 29.1 Å². The molecule has 0 aromatic rings. The number of aliphatic carboxylic acids is 1. The summed E-state index contributed by atoms with van der Waals surface area (Å²) in [5.74, 6) is -3.25. The van der Waals surface area contributed by atoms with Gasteiger partial charge in [0.05, 0.1) is 12.5 Å². The minimum absolute atomic E-state index is 0.239. The molecule has 0 aromatic carbocycles. The van der Waals surface area contributed by atoms with Crippen LogP contribution in [0.2, 0.25) is 0 Å². The molecule has 0 bridgehead atoms. The SMILES string of the molecule is CSCCC(NC(=O)C1CCCN1C(=O)C(CC(N)=O)NC(=O)C(C)N)C(=O)O. The Kier molecular flexibility index (Phi) is 9.89. The Morgan fingerprint density at radius 2 is 1.86 bits per heavy atom. The van der Waals surface area contributed by atoms with Gasteiger partial charge in [-0.2, -0.15) is 11.8 Å². The zero-order valence-electron chi connectivity index (χ0n) is 16.6. The number of likely N-dealkylation sites (tertiary alicyclic amines) is 1. The zero-order valence-corrected chi connectivity index (χ0v) is 17.4. The lowest BCUT2D eigenvalue weighted by molar-refractivity contribution is -0.145. The summed E-state index contributed by atoms with van der Waals surface area (Å²) < 4.78 is 0. The van der Waals surface area contributed by atoms with Crippen LogP contribution < -0.4 is 22.1 Å². The molecule has 164 valence electrons. The third kappa shape index (κ3) is 7.54. The Labute approximate surface area is 173 Å². The fourth-order valence-corrected chi connectivity index (χ4v) is 3.44. The van der Waals surface area contributed by atoms with E-state index in [-0.39, 0.29) is 13.0 Å². The van der Waals surface area contributed by atoms with E-state index in [0.29, 0.717) is 18.6 Å². The summed E-state index contributed by atoms with van der Waals surface area (Å²) in [5, 5.41) is 14.1. The van der Waals surface area contributed by atoms with E-state index in [1.165, 1.54) is 23.6 Å². The highest BCUT2D eigenvalue weighted by Crippen LogP contribution is 2.20. The van der Waals surface area contributed by atoms with Crippen molar-refractivity contribution in [2.75, 3.05) is 18.6 Å². The molecule has 0 spiro atoms. The number of hydrogen-bond donors (Lipinski definition) is 5. The Bertz CT molecular complexity index is 644. The van der Waals surface area contributed by atoms with Gasteiger partial charge in [-0.15, -0.1) is 0 Å². The number of nitrogens with two attached hydrogens (primary N) is 2. The van der Waals surface area contributed by atoms with E-state index < -0.39 is 60.2 Å². The summed E-state index contributed by atoms with van der Waals surface area (Å²) in [6, 6.07) is -4.09. The number of carbonyl (C=O) groups is 5. The molecule has 4 unspecified atom stereocenters. The molecule has 4 atom stereocenters. The first-order chi connectivity index (χ1) is 13.6. The van der Waals surface area contributed by atoms with Crippen LogP contribution in [0, 0.1) is 0 Å². The van der Waals surface area contributed by atoms with Crippen LogP contribution in [0.25, 0.3) is 0 Å². The third-order valence-corrected chi connectivity index (χ3v) is 5.14. The molecule has 1 aliphatic heterocycles. The zero-order chi connectivity index (χ0) is 22.1. The van der Waals surface area contributed by atoms with E-state index in [0.717, 1.165) is 0 Å². The van der Waals surface area contributed by atoms with Crippen molar-refractivity contribution >= 4 is 41.4 Å². The summed E-state index contributed by atoms with van der Waals surface area (Å²) in [7, 11) is 0. The first-order valence-electron chi connectivity index (χ1n) is 9.25. The number of nitrogens with zero attached hydrogens (tertiary/aromatic N) is 1. The van der Waals surface area contributed by atoms with Gasteiger partial charge in [-0.3, -0.25) is 19.2 Å². The fourth-order valence-electron chi connectivity index (χ4n) is 2.97. The first kappa shape index (κ1) is 24.7. The number of carboxylic acid groups (broad SMARTS) is 1. The second-order valence-corrected chi connectivity index (χ2v) is 7.88. The minimum atomic E-state index is -1.24. The normalized spacial score (nSPS) is 19.1. The number of carbonyl (C=O) groups excluding carboxylic acids is 4. The maximum atomic E-state index is 12.9. The van der Waals surface area contributed by atoms with Crippen LogP contribution in [0.4, 0.5) is 0 Å². The Hall–Kier alpha value is -2.34. The van der Waals surface area contributed by atoms with Crippen molar-refractivity contribution in [2.45, 2.75) is 56.8 Å². The van der Waals surface area contributed by atoms with Gasteiger partial charge in [0.25, 0.3) is 0 Å². The highest BCUT2D eigenvalue weighted by molar-refractivity contribution is 7.98. The largest absolute Gasteiger partial charge is 0.480 e. The number of hydrogen-bond acceptors (Lipinski definition) is 7. The highest BCUT2D eigenvalue weighted by atomic mass is 32.2. The molecule has 0 saturated carbocycles. The molecule has 12 heteroatoms. The molecule has 29 heavy (non-hydrogen) atoms. The monoisotopic (exact) mass is 431 g/mol. The van der Waals surface area contributed by atoms with Crippen molar-refractivity contribution in [1.82, 2.24) is 15.5 Å². The van der Waals surface area contributed by atoms with Crippen molar-refractivity contribution in [3.05, 3.63) is 0 Å². The summed E-state index contributed by atoms with van der Waals surface area (Å²) >= 11 is 1.46.